The SMILES string of the molecule is Cc1noc(C)c1CN(C)C(=O)CC1=CSC2=NCCCN12. The number of amides is 1. The highest BCUT2D eigenvalue weighted by Crippen LogP contribution is 2.31. The quantitative estimate of drug-likeness (QED) is 0.852. The average molecular weight is 320 g/mol. The molecule has 0 spiro atoms. The number of rotatable bonds is 4. The van der Waals surface area contributed by atoms with Crippen molar-refractivity contribution in [3.63, 3.8) is 0 Å². The molecule has 0 bridgehead atoms. The van der Waals surface area contributed by atoms with Crippen molar-refractivity contribution in [2.75, 3.05) is 20.1 Å². The summed E-state index contributed by atoms with van der Waals surface area (Å²) in [4.78, 5) is 20.9. The van der Waals surface area contributed by atoms with E-state index < -0.39 is 0 Å². The molecule has 0 aliphatic carbocycles. The molecule has 0 saturated carbocycles. The van der Waals surface area contributed by atoms with E-state index in [1.807, 2.05) is 26.3 Å². The summed E-state index contributed by atoms with van der Waals surface area (Å²) in [7, 11) is 1.82. The monoisotopic (exact) mass is 320 g/mol. The molecule has 1 aromatic rings. The van der Waals surface area contributed by atoms with Crippen molar-refractivity contribution in [1.82, 2.24) is 15.0 Å². The van der Waals surface area contributed by atoms with Gasteiger partial charge in [0.05, 0.1) is 18.7 Å². The van der Waals surface area contributed by atoms with Gasteiger partial charge < -0.3 is 14.3 Å². The van der Waals surface area contributed by atoms with Crippen LogP contribution in [0.15, 0.2) is 20.6 Å². The van der Waals surface area contributed by atoms with E-state index in [0.29, 0.717) is 13.0 Å². The van der Waals surface area contributed by atoms with Crippen molar-refractivity contribution in [1.29, 1.82) is 0 Å². The first-order valence-electron chi connectivity index (χ1n) is 7.39. The number of aromatic nitrogens is 1. The molecule has 0 atom stereocenters. The van der Waals surface area contributed by atoms with E-state index in [1.165, 1.54) is 0 Å². The second-order valence-corrected chi connectivity index (χ2v) is 6.46. The second kappa shape index (κ2) is 6.16. The van der Waals surface area contributed by atoms with E-state index in [2.05, 4.69) is 15.0 Å². The average Bonchev–Trinajstić information content (AvgIpc) is 3.06. The third-order valence-electron chi connectivity index (χ3n) is 4.00. The first kappa shape index (κ1) is 15.1. The molecule has 0 radical (unpaired) electrons. The molecule has 0 unspecified atom stereocenters. The summed E-state index contributed by atoms with van der Waals surface area (Å²) in [6.07, 6.45) is 1.45. The van der Waals surface area contributed by atoms with Crippen molar-refractivity contribution in [2.45, 2.75) is 33.2 Å². The lowest BCUT2D eigenvalue weighted by atomic mass is 10.2. The Morgan fingerprint density at radius 3 is 3.05 bits per heavy atom. The Labute approximate surface area is 134 Å². The summed E-state index contributed by atoms with van der Waals surface area (Å²) in [5, 5.41) is 7.01. The van der Waals surface area contributed by atoms with Gasteiger partial charge in [-0.1, -0.05) is 16.9 Å². The van der Waals surface area contributed by atoms with E-state index in [1.54, 1.807) is 16.7 Å². The maximum absolute atomic E-state index is 12.5. The fourth-order valence-electron chi connectivity index (χ4n) is 2.62. The molecular weight excluding hydrogens is 300 g/mol. The van der Waals surface area contributed by atoms with Gasteiger partial charge >= 0.3 is 0 Å². The molecule has 3 heterocycles. The Hall–Kier alpha value is -1.76. The molecule has 2 aliphatic rings. The summed E-state index contributed by atoms with van der Waals surface area (Å²) < 4.78 is 5.15. The van der Waals surface area contributed by atoms with Gasteiger partial charge in [-0.25, -0.2) is 0 Å². The van der Waals surface area contributed by atoms with Crippen molar-refractivity contribution in [2.24, 2.45) is 4.99 Å². The molecular formula is C15H20N4O2S. The predicted molar refractivity (Wildman–Crippen MR) is 86.4 cm³/mol. The van der Waals surface area contributed by atoms with Gasteiger partial charge in [0, 0.05) is 31.4 Å². The zero-order chi connectivity index (χ0) is 15.7. The lowest BCUT2D eigenvalue weighted by molar-refractivity contribution is -0.129. The normalized spacial score (nSPS) is 17.1. The smallest absolute Gasteiger partial charge is 0.228 e. The van der Waals surface area contributed by atoms with Crippen LogP contribution in [0.3, 0.4) is 0 Å². The number of hydrogen-bond donors (Lipinski definition) is 0. The number of fused-ring (bicyclic) bond motifs is 1. The van der Waals surface area contributed by atoms with Gasteiger partial charge in [-0.15, -0.1) is 0 Å². The number of amidine groups is 1. The molecule has 7 heteroatoms. The van der Waals surface area contributed by atoms with E-state index in [0.717, 1.165) is 47.4 Å². The number of nitrogens with zero attached hydrogens (tertiary/aromatic N) is 4. The van der Waals surface area contributed by atoms with Crippen LogP contribution < -0.4 is 0 Å². The number of aryl methyl sites for hydroxylation is 2. The summed E-state index contributed by atoms with van der Waals surface area (Å²) in [5.41, 5.74) is 2.89. The fourth-order valence-corrected chi connectivity index (χ4v) is 3.57. The van der Waals surface area contributed by atoms with Crippen molar-refractivity contribution in [3.05, 3.63) is 28.1 Å². The topological polar surface area (TPSA) is 61.9 Å². The van der Waals surface area contributed by atoms with Crippen molar-refractivity contribution < 1.29 is 9.32 Å². The largest absolute Gasteiger partial charge is 0.361 e. The highest BCUT2D eigenvalue weighted by molar-refractivity contribution is 8.16. The first-order valence-corrected chi connectivity index (χ1v) is 8.27. The van der Waals surface area contributed by atoms with E-state index in [9.17, 15) is 4.79 Å². The minimum atomic E-state index is 0.0960. The predicted octanol–water partition coefficient (Wildman–Crippen LogP) is 2.29. The zero-order valence-electron chi connectivity index (χ0n) is 13.1. The highest BCUT2D eigenvalue weighted by Gasteiger charge is 2.27. The third-order valence-corrected chi connectivity index (χ3v) is 4.95. The summed E-state index contributed by atoms with van der Waals surface area (Å²) >= 11 is 1.62. The Morgan fingerprint density at radius 1 is 1.50 bits per heavy atom. The maximum atomic E-state index is 12.5. The number of thioether (sulfide) groups is 1. The van der Waals surface area contributed by atoms with Gasteiger partial charge in [0.25, 0.3) is 0 Å². The third kappa shape index (κ3) is 2.90. The van der Waals surface area contributed by atoms with E-state index in [-0.39, 0.29) is 5.91 Å². The van der Waals surface area contributed by atoms with Crippen molar-refractivity contribution in [3.8, 4) is 0 Å². The second-order valence-electron chi connectivity index (χ2n) is 5.63. The van der Waals surface area contributed by atoms with Crippen molar-refractivity contribution >= 4 is 22.8 Å². The molecule has 6 nitrogen and oxygen atoms in total. The van der Waals surface area contributed by atoms with Gasteiger partial charge in [0.2, 0.25) is 5.91 Å². The van der Waals surface area contributed by atoms with Crippen LogP contribution in [0.4, 0.5) is 0 Å². The summed E-state index contributed by atoms with van der Waals surface area (Å²) in [5.74, 6) is 0.872. The Morgan fingerprint density at radius 2 is 2.32 bits per heavy atom. The Balaban J connectivity index is 1.62. The number of aliphatic imine (C=N–C) groups is 1. The number of hydrogen-bond acceptors (Lipinski definition) is 6. The van der Waals surface area contributed by atoms with Crippen LogP contribution >= 0.6 is 11.8 Å². The van der Waals surface area contributed by atoms with Crippen LogP contribution in [0.2, 0.25) is 0 Å². The maximum Gasteiger partial charge on any atom is 0.228 e. The van der Waals surface area contributed by atoms with E-state index in [4.69, 9.17) is 4.52 Å². The van der Waals surface area contributed by atoms with Crippen LogP contribution in [0, 0.1) is 13.8 Å². The molecule has 118 valence electrons. The molecule has 0 fully saturated rings. The van der Waals surface area contributed by atoms with Crippen LogP contribution in [0.5, 0.6) is 0 Å². The van der Waals surface area contributed by atoms with Gasteiger partial charge in [-0.2, -0.15) is 0 Å². The molecule has 0 N–H and O–H groups in total. The van der Waals surface area contributed by atoms with Crippen LogP contribution in [-0.2, 0) is 11.3 Å². The lowest BCUT2D eigenvalue weighted by Crippen LogP contribution is -2.33. The van der Waals surface area contributed by atoms with Crippen LogP contribution in [0.1, 0.15) is 29.9 Å². The lowest BCUT2D eigenvalue weighted by Gasteiger charge is -2.26. The molecule has 1 amide bonds. The first-order chi connectivity index (χ1) is 10.6. The Kier molecular flexibility index (Phi) is 4.24. The zero-order valence-corrected chi connectivity index (χ0v) is 13.9. The summed E-state index contributed by atoms with van der Waals surface area (Å²) in [6.45, 7) is 6.15. The highest BCUT2D eigenvalue weighted by atomic mass is 32.2. The minimum Gasteiger partial charge on any atom is -0.361 e. The Bertz CT molecular complexity index is 630. The van der Waals surface area contributed by atoms with Gasteiger partial charge in [-0.05, 0) is 25.7 Å². The van der Waals surface area contributed by atoms with Gasteiger partial charge in [0.15, 0.2) is 5.17 Å². The molecule has 2 aliphatic heterocycles. The number of carbonyl (C=O) groups excluding carboxylic acids is 1. The molecule has 0 saturated heterocycles. The van der Waals surface area contributed by atoms with Crippen LogP contribution in [-0.4, -0.2) is 46.2 Å². The van der Waals surface area contributed by atoms with Crippen LogP contribution in [0.25, 0.3) is 0 Å². The minimum absolute atomic E-state index is 0.0960. The summed E-state index contributed by atoms with van der Waals surface area (Å²) in [6, 6.07) is 0. The number of carbonyl (C=O) groups is 1. The fraction of sp³-hybridized carbons (Fsp3) is 0.533. The van der Waals surface area contributed by atoms with Gasteiger partial charge in [0.1, 0.15) is 5.76 Å². The standard InChI is InChI=1S/C15H20N4O2S/c1-10-13(11(2)21-17-10)8-18(3)14(20)7-12-9-22-15-16-5-4-6-19(12)15/h9H,4-8H2,1-3H3. The van der Waals surface area contributed by atoms with Gasteiger partial charge in [-0.3, -0.25) is 9.79 Å². The molecule has 0 aromatic carbocycles. The molecule has 22 heavy (non-hydrogen) atoms. The molecule has 3 rings (SSSR count). The molecule has 1 aromatic heterocycles. The van der Waals surface area contributed by atoms with E-state index >= 15 is 0 Å².